The van der Waals surface area contributed by atoms with Crippen LogP contribution in [0.25, 0.3) is 5.69 Å². The molecule has 1 atom stereocenters. The predicted molar refractivity (Wildman–Crippen MR) is 90.3 cm³/mol. The van der Waals surface area contributed by atoms with Gasteiger partial charge in [-0.2, -0.15) is 5.10 Å². The number of nitro groups is 1. The van der Waals surface area contributed by atoms with E-state index in [9.17, 15) is 15.2 Å². The van der Waals surface area contributed by atoms with E-state index in [1.54, 1.807) is 35.1 Å². The van der Waals surface area contributed by atoms with Crippen LogP contribution in [0.1, 0.15) is 17.2 Å². The first kappa shape index (κ1) is 16.2. The number of nitro benzene ring substituents is 1. The van der Waals surface area contributed by atoms with Crippen LogP contribution >= 0.6 is 11.6 Å². The second kappa shape index (κ2) is 6.82. The second-order valence-electron chi connectivity index (χ2n) is 5.29. The van der Waals surface area contributed by atoms with E-state index in [1.165, 1.54) is 6.07 Å². The molecule has 1 aromatic heterocycles. The Bertz CT molecular complexity index is 848. The Kier molecular flexibility index (Phi) is 4.59. The molecule has 3 rings (SSSR count). The van der Waals surface area contributed by atoms with E-state index in [1.807, 2.05) is 24.4 Å². The first-order chi connectivity index (χ1) is 11.5. The van der Waals surface area contributed by atoms with Crippen molar-refractivity contribution in [1.29, 1.82) is 0 Å². The molecule has 7 heteroatoms. The van der Waals surface area contributed by atoms with Gasteiger partial charge in [-0.3, -0.25) is 10.1 Å². The van der Waals surface area contributed by atoms with Gasteiger partial charge in [0.05, 0.1) is 16.7 Å². The number of hydrogen-bond donors (Lipinski definition) is 1. The molecule has 6 nitrogen and oxygen atoms in total. The zero-order valence-electron chi connectivity index (χ0n) is 12.5. The number of aliphatic hydroxyl groups excluding tert-OH is 1. The Morgan fingerprint density at radius 2 is 2.00 bits per heavy atom. The number of hydrogen-bond acceptors (Lipinski definition) is 4. The van der Waals surface area contributed by atoms with Crippen LogP contribution in [0.4, 0.5) is 5.69 Å². The lowest BCUT2D eigenvalue weighted by atomic mass is 10.00. The minimum atomic E-state index is -0.850. The van der Waals surface area contributed by atoms with E-state index in [0.717, 1.165) is 5.69 Å². The zero-order valence-corrected chi connectivity index (χ0v) is 13.3. The third kappa shape index (κ3) is 3.45. The summed E-state index contributed by atoms with van der Waals surface area (Å²) in [7, 11) is 0. The standard InChI is InChI=1S/C17H14ClN3O3/c18-14-5-2-13(16(11-14)21(23)24)10-17(22)12-3-6-15(7-4-12)20-9-1-8-19-20/h1-9,11,17,22H,10H2. The van der Waals surface area contributed by atoms with Crippen LogP contribution in [0.5, 0.6) is 0 Å². The highest BCUT2D eigenvalue weighted by molar-refractivity contribution is 6.30. The van der Waals surface area contributed by atoms with Crippen LogP contribution in [0.2, 0.25) is 5.02 Å². The molecule has 0 bridgehead atoms. The average Bonchev–Trinajstić information content (AvgIpc) is 3.11. The fraction of sp³-hybridized carbons (Fsp3) is 0.118. The van der Waals surface area contributed by atoms with Crippen molar-refractivity contribution in [3.05, 3.63) is 87.2 Å². The minimum absolute atomic E-state index is 0.0882. The van der Waals surface area contributed by atoms with Gasteiger partial charge in [-0.05, 0) is 29.8 Å². The highest BCUT2D eigenvalue weighted by Gasteiger charge is 2.18. The molecule has 1 N–H and O–H groups in total. The Morgan fingerprint density at radius 3 is 2.62 bits per heavy atom. The lowest BCUT2D eigenvalue weighted by Crippen LogP contribution is -2.05. The van der Waals surface area contributed by atoms with E-state index in [0.29, 0.717) is 16.1 Å². The number of benzene rings is 2. The van der Waals surface area contributed by atoms with Crippen molar-refractivity contribution in [2.24, 2.45) is 0 Å². The van der Waals surface area contributed by atoms with E-state index in [4.69, 9.17) is 11.6 Å². The van der Waals surface area contributed by atoms with Gasteiger partial charge in [-0.15, -0.1) is 0 Å². The molecule has 122 valence electrons. The summed E-state index contributed by atoms with van der Waals surface area (Å²) >= 11 is 5.81. The normalized spacial score (nSPS) is 12.1. The zero-order chi connectivity index (χ0) is 17.1. The summed E-state index contributed by atoms with van der Waals surface area (Å²) in [5.41, 5.74) is 1.89. The first-order valence-electron chi connectivity index (χ1n) is 7.25. The van der Waals surface area contributed by atoms with E-state index >= 15 is 0 Å². The highest BCUT2D eigenvalue weighted by atomic mass is 35.5. The molecule has 0 saturated heterocycles. The van der Waals surface area contributed by atoms with Crippen LogP contribution < -0.4 is 0 Å². The number of halogens is 1. The molecular formula is C17H14ClN3O3. The molecule has 0 saturated carbocycles. The summed E-state index contributed by atoms with van der Waals surface area (Å²) in [4.78, 5) is 10.6. The fourth-order valence-corrected chi connectivity index (χ4v) is 2.64. The molecule has 0 spiro atoms. The van der Waals surface area contributed by atoms with Crippen molar-refractivity contribution in [1.82, 2.24) is 9.78 Å². The summed E-state index contributed by atoms with van der Waals surface area (Å²) in [6.45, 7) is 0. The van der Waals surface area contributed by atoms with Crippen molar-refractivity contribution in [2.45, 2.75) is 12.5 Å². The molecule has 0 aliphatic rings. The van der Waals surface area contributed by atoms with E-state index < -0.39 is 11.0 Å². The minimum Gasteiger partial charge on any atom is -0.388 e. The van der Waals surface area contributed by atoms with Crippen molar-refractivity contribution in [2.75, 3.05) is 0 Å². The summed E-state index contributed by atoms with van der Waals surface area (Å²) in [5.74, 6) is 0. The molecule has 0 fully saturated rings. The van der Waals surface area contributed by atoms with Gasteiger partial charge in [0.2, 0.25) is 0 Å². The van der Waals surface area contributed by atoms with Crippen molar-refractivity contribution in [3.63, 3.8) is 0 Å². The molecule has 0 aliphatic carbocycles. The summed E-state index contributed by atoms with van der Waals surface area (Å²) in [6, 6.07) is 13.5. The van der Waals surface area contributed by atoms with E-state index in [2.05, 4.69) is 5.10 Å². The van der Waals surface area contributed by atoms with Crippen LogP contribution in [-0.2, 0) is 6.42 Å². The quantitative estimate of drug-likeness (QED) is 0.565. The van der Waals surface area contributed by atoms with Gasteiger partial charge >= 0.3 is 0 Å². The largest absolute Gasteiger partial charge is 0.388 e. The first-order valence-corrected chi connectivity index (χ1v) is 7.63. The maximum atomic E-state index is 11.1. The predicted octanol–water partition coefficient (Wildman–Crippen LogP) is 3.71. The second-order valence-corrected chi connectivity index (χ2v) is 5.73. The molecule has 1 heterocycles. The molecule has 0 aliphatic heterocycles. The monoisotopic (exact) mass is 343 g/mol. The molecule has 2 aromatic carbocycles. The number of aliphatic hydroxyl groups is 1. The lowest BCUT2D eigenvalue weighted by Gasteiger charge is -2.12. The van der Waals surface area contributed by atoms with Crippen molar-refractivity contribution < 1.29 is 10.0 Å². The molecule has 1 unspecified atom stereocenters. The SMILES string of the molecule is O=[N+]([O-])c1cc(Cl)ccc1CC(O)c1ccc(-n2cccn2)cc1. The smallest absolute Gasteiger partial charge is 0.274 e. The van der Waals surface area contributed by atoms with Gasteiger partial charge in [0.1, 0.15) is 0 Å². The van der Waals surface area contributed by atoms with E-state index in [-0.39, 0.29) is 12.1 Å². The maximum absolute atomic E-state index is 11.1. The third-order valence-electron chi connectivity index (χ3n) is 3.70. The van der Waals surface area contributed by atoms with Crippen molar-refractivity contribution in [3.8, 4) is 5.69 Å². The summed E-state index contributed by atoms with van der Waals surface area (Å²) in [5, 5.41) is 25.9. The van der Waals surface area contributed by atoms with Gasteiger partial charge in [-0.1, -0.05) is 29.8 Å². The fourth-order valence-electron chi connectivity index (χ4n) is 2.48. The average molecular weight is 344 g/mol. The van der Waals surface area contributed by atoms with Gasteiger partial charge in [0, 0.05) is 35.5 Å². The summed E-state index contributed by atoms with van der Waals surface area (Å²) < 4.78 is 1.71. The molecule has 24 heavy (non-hydrogen) atoms. The van der Waals surface area contributed by atoms with Crippen LogP contribution in [0.15, 0.2) is 60.9 Å². The Labute approximate surface area is 143 Å². The van der Waals surface area contributed by atoms with Gasteiger partial charge in [0.15, 0.2) is 0 Å². The van der Waals surface area contributed by atoms with Crippen LogP contribution in [0, 0.1) is 10.1 Å². The Hall–Kier alpha value is -2.70. The number of rotatable bonds is 5. The maximum Gasteiger partial charge on any atom is 0.274 e. The topological polar surface area (TPSA) is 81.2 Å². The van der Waals surface area contributed by atoms with Gasteiger partial charge < -0.3 is 5.11 Å². The third-order valence-corrected chi connectivity index (χ3v) is 3.94. The lowest BCUT2D eigenvalue weighted by molar-refractivity contribution is -0.385. The Balaban J connectivity index is 1.80. The molecule has 3 aromatic rings. The molecular weight excluding hydrogens is 330 g/mol. The van der Waals surface area contributed by atoms with Crippen LogP contribution in [0.3, 0.4) is 0 Å². The molecule has 0 radical (unpaired) electrons. The number of nitrogens with zero attached hydrogens (tertiary/aromatic N) is 3. The summed E-state index contributed by atoms with van der Waals surface area (Å²) in [6.07, 6.45) is 2.79. The van der Waals surface area contributed by atoms with Gasteiger partial charge in [-0.25, -0.2) is 4.68 Å². The Morgan fingerprint density at radius 1 is 1.25 bits per heavy atom. The van der Waals surface area contributed by atoms with Crippen LogP contribution in [-0.4, -0.2) is 19.8 Å². The molecule has 0 amide bonds. The highest BCUT2D eigenvalue weighted by Crippen LogP contribution is 2.28. The van der Waals surface area contributed by atoms with Crippen molar-refractivity contribution >= 4 is 17.3 Å². The van der Waals surface area contributed by atoms with Gasteiger partial charge in [0.25, 0.3) is 5.69 Å². The number of aromatic nitrogens is 2.